The highest BCUT2D eigenvalue weighted by Gasteiger charge is 2.43. The fraction of sp³-hybridized carbons (Fsp3) is 0.400. The van der Waals surface area contributed by atoms with E-state index in [0.717, 1.165) is 24.1 Å². The van der Waals surface area contributed by atoms with E-state index in [0.29, 0.717) is 24.3 Å². The van der Waals surface area contributed by atoms with Crippen LogP contribution in [-0.2, 0) is 0 Å². The Kier molecular flexibility index (Phi) is 4.75. The third kappa shape index (κ3) is 3.17. The Labute approximate surface area is 176 Å². The van der Waals surface area contributed by atoms with Gasteiger partial charge in [0, 0.05) is 17.5 Å². The van der Waals surface area contributed by atoms with E-state index >= 15 is 0 Å². The van der Waals surface area contributed by atoms with E-state index in [2.05, 4.69) is 36.2 Å². The molecule has 1 aliphatic carbocycles. The lowest BCUT2D eigenvalue weighted by Gasteiger charge is -2.40. The average molecular weight is 407 g/mol. The number of aromatic nitrogens is 2. The van der Waals surface area contributed by atoms with Gasteiger partial charge in [0.15, 0.2) is 0 Å². The minimum absolute atomic E-state index is 0.267. The first-order valence-electron chi connectivity index (χ1n) is 10.7. The summed E-state index contributed by atoms with van der Waals surface area (Å²) in [5.41, 5.74) is 3.66. The fourth-order valence-corrected chi connectivity index (χ4v) is 5.28. The number of aliphatic hydroxyl groups is 2. The molecule has 2 aromatic carbocycles. The van der Waals surface area contributed by atoms with Crippen LogP contribution in [0.15, 0.2) is 55.0 Å². The highest BCUT2D eigenvalue weighted by Crippen LogP contribution is 2.46. The molecule has 5 rings (SSSR count). The zero-order valence-corrected chi connectivity index (χ0v) is 17.1. The van der Waals surface area contributed by atoms with Gasteiger partial charge in [-0.15, -0.1) is 0 Å². The van der Waals surface area contributed by atoms with Gasteiger partial charge in [-0.05, 0) is 50.2 Å². The summed E-state index contributed by atoms with van der Waals surface area (Å²) >= 11 is 0. The van der Waals surface area contributed by atoms with Crippen molar-refractivity contribution in [1.29, 1.82) is 0 Å². The Bertz CT molecular complexity index is 1050. The van der Waals surface area contributed by atoms with Gasteiger partial charge in [-0.2, -0.15) is 0 Å². The summed E-state index contributed by atoms with van der Waals surface area (Å²) in [6.07, 6.45) is 5.51. The molecule has 3 aromatic rings. The summed E-state index contributed by atoms with van der Waals surface area (Å²) in [4.78, 5) is 4.21. The van der Waals surface area contributed by atoms with Gasteiger partial charge in [-0.25, -0.2) is 9.37 Å². The van der Waals surface area contributed by atoms with Crippen LogP contribution in [0.2, 0.25) is 0 Å². The van der Waals surface area contributed by atoms with Gasteiger partial charge in [0.2, 0.25) is 0 Å². The Hall–Kier alpha value is -2.50. The number of rotatable bonds is 4. The molecule has 2 atom stereocenters. The predicted octanol–water partition coefficient (Wildman–Crippen LogP) is 4.74. The number of nitrogens with zero attached hydrogens (tertiary/aromatic N) is 2. The van der Waals surface area contributed by atoms with Crippen molar-refractivity contribution in [3.63, 3.8) is 0 Å². The van der Waals surface area contributed by atoms with Gasteiger partial charge in [-0.1, -0.05) is 42.0 Å². The van der Waals surface area contributed by atoms with Gasteiger partial charge in [0.05, 0.1) is 36.0 Å². The van der Waals surface area contributed by atoms with Crippen LogP contribution in [0.25, 0.3) is 11.3 Å². The smallest absolute Gasteiger partial charge is 0.129 e. The van der Waals surface area contributed by atoms with Crippen molar-refractivity contribution in [2.45, 2.75) is 62.7 Å². The normalized spacial score (nSPS) is 26.3. The van der Waals surface area contributed by atoms with Crippen molar-refractivity contribution >= 4 is 0 Å². The minimum atomic E-state index is -1.14. The lowest BCUT2D eigenvalue weighted by atomic mass is 9.72. The molecule has 4 nitrogen and oxygen atoms in total. The molecule has 5 heteroatoms. The van der Waals surface area contributed by atoms with Crippen molar-refractivity contribution in [3.05, 3.63) is 77.5 Å². The molecule has 2 N–H and O–H groups in total. The second-order valence-corrected chi connectivity index (χ2v) is 8.94. The maximum atomic E-state index is 14.7. The zero-order valence-electron chi connectivity index (χ0n) is 17.1. The van der Waals surface area contributed by atoms with Crippen molar-refractivity contribution in [2.24, 2.45) is 0 Å². The topological polar surface area (TPSA) is 58.3 Å². The molecular weight excluding hydrogens is 379 g/mol. The maximum Gasteiger partial charge on any atom is 0.129 e. The fourth-order valence-electron chi connectivity index (χ4n) is 5.28. The molecule has 156 valence electrons. The molecule has 2 aliphatic rings. The first-order valence-corrected chi connectivity index (χ1v) is 10.7. The van der Waals surface area contributed by atoms with Gasteiger partial charge >= 0.3 is 0 Å². The lowest BCUT2D eigenvalue weighted by Crippen LogP contribution is -2.46. The Balaban J connectivity index is 1.33. The number of hydrogen-bond acceptors (Lipinski definition) is 3. The van der Waals surface area contributed by atoms with E-state index in [1.54, 1.807) is 18.6 Å². The number of benzene rings is 2. The quantitative estimate of drug-likeness (QED) is 0.658. The SMILES string of the molecule is Cc1ccc(C2CCC(O)(C(O)CC3c4c(F)cccc4-c4cncn43)CC2)cc1. The van der Waals surface area contributed by atoms with Gasteiger partial charge in [0.25, 0.3) is 0 Å². The summed E-state index contributed by atoms with van der Waals surface area (Å²) in [6, 6.07) is 13.3. The second kappa shape index (κ2) is 7.33. The Morgan fingerprint density at radius 2 is 1.90 bits per heavy atom. The van der Waals surface area contributed by atoms with Crippen LogP contribution in [0, 0.1) is 12.7 Å². The van der Waals surface area contributed by atoms with E-state index in [9.17, 15) is 14.6 Å². The molecule has 1 aliphatic heterocycles. The first kappa shape index (κ1) is 19.5. The zero-order chi connectivity index (χ0) is 20.9. The molecule has 2 heterocycles. The van der Waals surface area contributed by atoms with Crippen LogP contribution in [0.1, 0.15) is 60.8 Å². The van der Waals surface area contributed by atoms with Gasteiger partial charge in [-0.3, -0.25) is 0 Å². The van der Waals surface area contributed by atoms with E-state index in [-0.39, 0.29) is 18.3 Å². The molecule has 1 saturated carbocycles. The average Bonchev–Trinajstić information content (AvgIpc) is 3.33. The second-order valence-electron chi connectivity index (χ2n) is 8.94. The summed E-state index contributed by atoms with van der Waals surface area (Å²) in [5, 5.41) is 22.3. The highest BCUT2D eigenvalue weighted by atomic mass is 19.1. The summed E-state index contributed by atoms with van der Waals surface area (Å²) in [5.74, 6) is 0.131. The number of aryl methyl sites for hydroxylation is 1. The maximum absolute atomic E-state index is 14.7. The largest absolute Gasteiger partial charge is 0.390 e. The third-order valence-corrected chi connectivity index (χ3v) is 7.13. The molecule has 0 bridgehead atoms. The Morgan fingerprint density at radius 3 is 2.63 bits per heavy atom. The molecule has 30 heavy (non-hydrogen) atoms. The molecular formula is C25H27FN2O2. The van der Waals surface area contributed by atoms with E-state index in [4.69, 9.17) is 0 Å². The molecule has 0 radical (unpaired) electrons. The van der Waals surface area contributed by atoms with Crippen molar-refractivity contribution in [2.75, 3.05) is 0 Å². The van der Waals surface area contributed by atoms with Crippen LogP contribution in [0.4, 0.5) is 4.39 Å². The first-order chi connectivity index (χ1) is 14.5. The molecule has 0 spiro atoms. The molecule has 1 aromatic heterocycles. The predicted molar refractivity (Wildman–Crippen MR) is 114 cm³/mol. The van der Waals surface area contributed by atoms with Crippen molar-refractivity contribution in [3.8, 4) is 11.3 Å². The lowest BCUT2D eigenvalue weighted by molar-refractivity contribution is -0.105. The number of halogens is 1. The minimum Gasteiger partial charge on any atom is -0.390 e. The summed E-state index contributed by atoms with van der Waals surface area (Å²) < 4.78 is 16.6. The number of fused-ring (bicyclic) bond motifs is 3. The number of aliphatic hydroxyl groups excluding tert-OH is 1. The van der Waals surface area contributed by atoms with Crippen LogP contribution >= 0.6 is 0 Å². The number of imidazole rings is 1. The van der Waals surface area contributed by atoms with E-state index in [1.165, 1.54) is 17.2 Å². The highest BCUT2D eigenvalue weighted by molar-refractivity contribution is 5.69. The Morgan fingerprint density at radius 1 is 1.17 bits per heavy atom. The van der Waals surface area contributed by atoms with Crippen LogP contribution in [0.3, 0.4) is 0 Å². The summed E-state index contributed by atoms with van der Waals surface area (Å²) in [7, 11) is 0. The van der Waals surface area contributed by atoms with Gasteiger partial charge < -0.3 is 14.8 Å². The van der Waals surface area contributed by atoms with Crippen LogP contribution in [-0.4, -0.2) is 31.5 Å². The molecule has 1 fully saturated rings. The number of hydrogen-bond donors (Lipinski definition) is 2. The van der Waals surface area contributed by atoms with Crippen molar-refractivity contribution < 1.29 is 14.6 Å². The van der Waals surface area contributed by atoms with E-state index < -0.39 is 11.7 Å². The summed E-state index contributed by atoms with van der Waals surface area (Å²) in [6.45, 7) is 2.08. The van der Waals surface area contributed by atoms with Crippen LogP contribution < -0.4 is 0 Å². The standard InChI is InChI=1S/C25H27FN2O2/c1-16-5-7-17(8-6-16)18-9-11-25(30,12-10-18)23(29)13-21-24-19(3-2-4-20(24)26)22-14-27-15-28(21)22/h2-8,14-15,18,21,23,29-30H,9-13H2,1H3. The molecule has 0 amide bonds. The molecule has 2 unspecified atom stereocenters. The van der Waals surface area contributed by atoms with E-state index in [1.807, 2.05) is 10.6 Å². The third-order valence-electron chi connectivity index (χ3n) is 7.13. The molecule has 0 saturated heterocycles. The monoisotopic (exact) mass is 406 g/mol. The van der Waals surface area contributed by atoms with Crippen molar-refractivity contribution in [1.82, 2.24) is 9.55 Å². The van der Waals surface area contributed by atoms with Gasteiger partial charge in [0.1, 0.15) is 5.82 Å². The van der Waals surface area contributed by atoms with Crippen LogP contribution in [0.5, 0.6) is 0 Å².